The molecule has 1 amide bonds. The summed E-state index contributed by atoms with van der Waals surface area (Å²) in [7, 11) is 0. The van der Waals surface area contributed by atoms with Crippen molar-refractivity contribution in [2.45, 2.75) is 54.7 Å². The molecule has 2 nitrogen and oxygen atoms in total. The molecule has 1 N–H and O–H groups in total. The summed E-state index contributed by atoms with van der Waals surface area (Å²) in [6.07, 6.45) is 7.78. The van der Waals surface area contributed by atoms with E-state index >= 15 is 0 Å². The minimum Gasteiger partial charge on any atom is -0.347 e. The Hall–Kier alpha value is -1.45. The second-order valence-electron chi connectivity index (χ2n) is 9.09. The second-order valence-corrected chi connectivity index (χ2v) is 10.6. The first-order chi connectivity index (χ1) is 13.6. The van der Waals surface area contributed by atoms with Crippen LogP contribution in [-0.2, 0) is 5.75 Å². The first-order valence-corrected chi connectivity index (χ1v) is 11.7. The number of amides is 1. The van der Waals surface area contributed by atoms with Crippen molar-refractivity contribution in [1.82, 2.24) is 5.32 Å². The molecule has 0 aliphatic heterocycles. The highest BCUT2D eigenvalue weighted by Crippen LogP contribution is 2.55. The zero-order valence-electron chi connectivity index (χ0n) is 16.0. The molecule has 146 valence electrons. The van der Waals surface area contributed by atoms with Crippen molar-refractivity contribution in [2.75, 3.05) is 0 Å². The van der Waals surface area contributed by atoms with Gasteiger partial charge in [-0.2, -0.15) is 0 Å². The third kappa shape index (κ3) is 3.84. The van der Waals surface area contributed by atoms with Crippen LogP contribution in [0.25, 0.3) is 0 Å². The smallest absolute Gasteiger partial charge is 0.251 e. The van der Waals surface area contributed by atoms with E-state index in [2.05, 4.69) is 17.4 Å². The monoisotopic (exact) mass is 411 g/mol. The predicted molar refractivity (Wildman–Crippen MR) is 116 cm³/mol. The van der Waals surface area contributed by atoms with Gasteiger partial charge >= 0.3 is 0 Å². The summed E-state index contributed by atoms with van der Waals surface area (Å²) < 4.78 is 0. The minimum absolute atomic E-state index is 0.0783. The Morgan fingerprint density at radius 2 is 1.50 bits per heavy atom. The quantitative estimate of drug-likeness (QED) is 0.582. The fourth-order valence-corrected chi connectivity index (χ4v) is 7.01. The molecule has 2 aromatic carbocycles. The fourth-order valence-electron chi connectivity index (χ4n) is 6.03. The average Bonchev–Trinajstić information content (AvgIpc) is 2.66. The van der Waals surface area contributed by atoms with Gasteiger partial charge in [0, 0.05) is 26.8 Å². The van der Waals surface area contributed by atoms with Gasteiger partial charge in [-0.1, -0.05) is 23.7 Å². The lowest BCUT2D eigenvalue weighted by molar-refractivity contribution is -0.0167. The van der Waals surface area contributed by atoms with Gasteiger partial charge in [0.2, 0.25) is 0 Å². The number of carbonyl (C=O) groups is 1. The van der Waals surface area contributed by atoms with Crippen LogP contribution in [0.5, 0.6) is 0 Å². The van der Waals surface area contributed by atoms with E-state index < -0.39 is 0 Å². The fraction of sp³-hybridized carbons (Fsp3) is 0.458. The molecule has 6 rings (SSSR count). The highest BCUT2D eigenvalue weighted by Gasteiger charge is 2.51. The zero-order chi connectivity index (χ0) is 19.1. The molecule has 0 spiro atoms. The maximum Gasteiger partial charge on any atom is 0.251 e. The van der Waals surface area contributed by atoms with Crippen molar-refractivity contribution >= 4 is 29.3 Å². The molecule has 4 fully saturated rings. The number of benzene rings is 2. The van der Waals surface area contributed by atoms with E-state index in [-0.39, 0.29) is 11.4 Å². The molecule has 4 bridgehead atoms. The van der Waals surface area contributed by atoms with Gasteiger partial charge in [0.05, 0.1) is 0 Å². The number of hydrogen-bond acceptors (Lipinski definition) is 2. The first-order valence-electron chi connectivity index (χ1n) is 10.4. The number of rotatable bonds is 5. The molecule has 2 aromatic rings. The molecule has 0 heterocycles. The second kappa shape index (κ2) is 7.42. The normalized spacial score (nSPS) is 30.4. The van der Waals surface area contributed by atoms with Gasteiger partial charge in [0.1, 0.15) is 0 Å². The summed E-state index contributed by atoms with van der Waals surface area (Å²) in [5.74, 6) is 3.54. The van der Waals surface area contributed by atoms with Gasteiger partial charge in [0.25, 0.3) is 5.91 Å². The van der Waals surface area contributed by atoms with E-state index in [1.807, 2.05) is 36.4 Å². The summed E-state index contributed by atoms with van der Waals surface area (Å²) in [6, 6.07) is 16.0. The average molecular weight is 412 g/mol. The van der Waals surface area contributed by atoms with Crippen LogP contribution in [0.2, 0.25) is 5.02 Å². The van der Waals surface area contributed by atoms with Crippen molar-refractivity contribution in [2.24, 2.45) is 17.8 Å². The Morgan fingerprint density at radius 1 is 0.929 bits per heavy atom. The van der Waals surface area contributed by atoms with Crippen LogP contribution in [0, 0.1) is 17.8 Å². The van der Waals surface area contributed by atoms with Crippen LogP contribution in [0.15, 0.2) is 53.4 Å². The van der Waals surface area contributed by atoms with Crippen molar-refractivity contribution in [1.29, 1.82) is 0 Å². The van der Waals surface area contributed by atoms with Gasteiger partial charge in [-0.05, 0) is 98.2 Å². The number of halogens is 1. The predicted octanol–water partition coefficient (Wildman–Crippen LogP) is 6.33. The van der Waals surface area contributed by atoms with Crippen LogP contribution < -0.4 is 5.32 Å². The minimum atomic E-state index is 0.0783. The van der Waals surface area contributed by atoms with Gasteiger partial charge in [-0.3, -0.25) is 4.79 Å². The lowest BCUT2D eigenvalue weighted by Gasteiger charge is -2.56. The largest absolute Gasteiger partial charge is 0.347 e. The van der Waals surface area contributed by atoms with E-state index in [1.165, 1.54) is 49.0 Å². The molecule has 0 unspecified atom stereocenters. The first kappa shape index (κ1) is 18.6. The van der Waals surface area contributed by atoms with E-state index in [1.54, 1.807) is 11.8 Å². The summed E-state index contributed by atoms with van der Waals surface area (Å²) in [6.45, 7) is 0. The number of carbonyl (C=O) groups excluding carboxylic acids is 1. The zero-order valence-corrected chi connectivity index (χ0v) is 17.6. The summed E-state index contributed by atoms with van der Waals surface area (Å²) in [5.41, 5.74) is 2.09. The molecular weight excluding hydrogens is 386 g/mol. The van der Waals surface area contributed by atoms with E-state index in [0.29, 0.717) is 0 Å². The highest BCUT2D eigenvalue weighted by atomic mass is 35.5. The van der Waals surface area contributed by atoms with E-state index in [0.717, 1.165) is 34.1 Å². The molecule has 0 aromatic heterocycles. The van der Waals surface area contributed by atoms with Crippen LogP contribution in [-0.4, -0.2) is 11.4 Å². The third-order valence-corrected chi connectivity index (χ3v) is 8.19. The Balaban J connectivity index is 1.21. The van der Waals surface area contributed by atoms with Crippen LogP contribution in [0.1, 0.15) is 54.4 Å². The standard InChI is InChI=1S/C24H26ClNOS/c25-21-5-7-22(8-6-21)28-15-16-1-3-20(4-2-16)23(27)26-24-12-17-9-18(13-24)11-19(10-17)14-24/h1-8,17-19H,9-15H2,(H,26,27). The Labute approximate surface area is 176 Å². The van der Waals surface area contributed by atoms with Gasteiger partial charge in [-0.25, -0.2) is 0 Å². The Bertz CT molecular complexity index is 826. The lowest BCUT2D eigenvalue weighted by atomic mass is 9.53. The third-order valence-electron chi connectivity index (χ3n) is 6.85. The number of hydrogen-bond donors (Lipinski definition) is 1. The number of thioether (sulfide) groups is 1. The van der Waals surface area contributed by atoms with Crippen molar-refractivity contribution < 1.29 is 4.79 Å². The summed E-state index contributed by atoms with van der Waals surface area (Å²) >= 11 is 7.72. The van der Waals surface area contributed by atoms with Gasteiger partial charge in [0.15, 0.2) is 0 Å². The van der Waals surface area contributed by atoms with Crippen LogP contribution in [0.3, 0.4) is 0 Å². The van der Waals surface area contributed by atoms with Crippen molar-refractivity contribution in [3.63, 3.8) is 0 Å². The molecular formula is C24H26ClNOS. The maximum atomic E-state index is 12.9. The Morgan fingerprint density at radius 3 is 2.07 bits per heavy atom. The molecule has 0 radical (unpaired) electrons. The van der Waals surface area contributed by atoms with E-state index in [4.69, 9.17) is 11.6 Å². The molecule has 4 aliphatic carbocycles. The molecule has 0 atom stereocenters. The molecule has 0 saturated heterocycles. The van der Waals surface area contributed by atoms with Crippen molar-refractivity contribution in [3.05, 3.63) is 64.7 Å². The molecule has 28 heavy (non-hydrogen) atoms. The number of nitrogens with one attached hydrogen (secondary N) is 1. The van der Waals surface area contributed by atoms with Crippen molar-refractivity contribution in [3.8, 4) is 0 Å². The lowest BCUT2D eigenvalue weighted by Crippen LogP contribution is -2.59. The Kier molecular flexibility index (Phi) is 4.92. The maximum absolute atomic E-state index is 12.9. The van der Waals surface area contributed by atoms with Gasteiger partial charge < -0.3 is 5.32 Å². The topological polar surface area (TPSA) is 29.1 Å². The molecule has 4 saturated carbocycles. The van der Waals surface area contributed by atoms with E-state index in [9.17, 15) is 4.79 Å². The summed E-state index contributed by atoms with van der Waals surface area (Å²) in [5, 5.41) is 4.23. The van der Waals surface area contributed by atoms with Crippen LogP contribution in [0.4, 0.5) is 0 Å². The summed E-state index contributed by atoms with van der Waals surface area (Å²) in [4.78, 5) is 14.1. The van der Waals surface area contributed by atoms with Gasteiger partial charge in [-0.15, -0.1) is 11.8 Å². The van der Waals surface area contributed by atoms with Crippen LogP contribution >= 0.6 is 23.4 Å². The highest BCUT2D eigenvalue weighted by molar-refractivity contribution is 7.98. The molecule has 4 heteroatoms. The molecule has 4 aliphatic rings. The SMILES string of the molecule is O=C(NC12CC3CC(CC(C3)C1)C2)c1ccc(CSc2ccc(Cl)cc2)cc1.